The van der Waals surface area contributed by atoms with Gasteiger partial charge in [0, 0.05) is 31.5 Å². The predicted octanol–water partition coefficient (Wildman–Crippen LogP) is 12.1. The fourth-order valence-electron chi connectivity index (χ4n) is 6.71. The van der Waals surface area contributed by atoms with Crippen LogP contribution in [0.3, 0.4) is 0 Å². The Morgan fingerprint density at radius 1 is 0.357 bits per heavy atom. The van der Waals surface area contributed by atoms with Crippen LogP contribution in [0.1, 0.15) is 0 Å². The summed E-state index contributed by atoms with van der Waals surface area (Å²) in [4.78, 5) is 2.44. The van der Waals surface area contributed by atoms with Crippen LogP contribution in [0.2, 0.25) is 0 Å². The molecule has 0 spiro atoms. The Labute approximate surface area is 247 Å². The lowest BCUT2D eigenvalue weighted by molar-refractivity contribution is 1.31. The second-order valence-corrected chi connectivity index (χ2v) is 12.0. The molecule has 1 heterocycles. The molecule has 2 heteroatoms. The summed E-state index contributed by atoms with van der Waals surface area (Å²) >= 11 is 1.88. The Bertz CT molecular complexity index is 2470. The van der Waals surface area contributed by atoms with E-state index in [1.165, 1.54) is 68.9 Å². The highest BCUT2D eigenvalue weighted by Gasteiger charge is 2.20. The summed E-state index contributed by atoms with van der Waals surface area (Å²) < 4.78 is 2.62. The van der Waals surface area contributed by atoms with E-state index in [0.717, 1.165) is 11.4 Å². The van der Waals surface area contributed by atoms with Gasteiger partial charge < -0.3 is 4.90 Å². The highest BCUT2D eigenvalue weighted by molar-refractivity contribution is 7.26. The summed E-state index contributed by atoms with van der Waals surface area (Å²) in [5.74, 6) is 0. The molecule has 0 bridgehead atoms. The Balaban J connectivity index is 1.39. The molecular formula is C40H25NS. The number of anilines is 3. The summed E-state index contributed by atoms with van der Waals surface area (Å²) in [6.45, 7) is 0. The van der Waals surface area contributed by atoms with Crippen molar-refractivity contribution >= 4 is 91.7 Å². The van der Waals surface area contributed by atoms with E-state index in [2.05, 4.69) is 157 Å². The number of hydrogen-bond donors (Lipinski definition) is 0. The maximum absolute atomic E-state index is 2.44. The van der Waals surface area contributed by atoms with Crippen molar-refractivity contribution in [1.82, 2.24) is 0 Å². The number of para-hydroxylation sites is 1. The van der Waals surface area contributed by atoms with Crippen LogP contribution in [0, 0.1) is 0 Å². The van der Waals surface area contributed by atoms with Crippen LogP contribution in [-0.2, 0) is 0 Å². The molecule has 0 saturated heterocycles. The van der Waals surface area contributed by atoms with Crippen molar-refractivity contribution in [2.45, 2.75) is 0 Å². The summed E-state index contributed by atoms with van der Waals surface area (Å²) in [5.41, 5.74) is 3.50. The minimum Gasteiger partial charge on any atom is -0.310 e. The van der Waals surface area contributed by atoms with Gasteiger partial charge in [-0.15, -0.1) is 11.3 Å². The van der Waals surface area contributed by atoms with Crippen molar-refractivity contribution in [3.8, 4) is 0 Å². The number of nitrogens with zero attached hydrogens (tertiary/aromatic N) is 1. The maximum Gasteiger partial charge on any atom is 0.0555 e. The fraction of sp³-hybridized carbons (Fsp3) is 0. The smallest absolute Gasteiger partial charge is 0.0555 e. The van der Waals surface area contributed by atoms with Crippen LogP contribution >= 0.6 is 11.3 Å². The third-order valence-corrected chi connectivity index (χ3v) is 9.71. The van der Waals surface area contributed by atoms with Gasteiger partial charge in [0.15, 0.2) is 0 Å². The standard InChI is InChI=1S/C40H25NS/c1-2-11-30(12-3-1)41(35-15-8-16-36-40(35)39-33-14-7-5-10-27(33)22-24-37(39)42-36)31-23-21-28-18-20-29-19-17-26-9-4-6-13-32(26)38(29)34(28)25-31/h1-25H. The minimum atomic E-state index is 1.15. The van der Waals surface area contributed by atoms with Gasteiger partial charge in [-0.2, -0.15) is 0 Å². The highest BCUT2D eigenvalue weighted by atomic mass is 32.1. The molecule has 0 radical (unpaired) electrons. The molecule has 0 saturated carbocycles. The van der Waals surface area contributed by atoms with Crippen LogP contribution in [-0.4, -0.2) is 0 Å². The van der Waals surface area contributed by atoms with Crippen molar-refractivity contribution < 1.29 is 0 Å². The molecule has 42 heavy (non-hydrogen) atoms. The molecular weight excluding hydrogens is 527 g/mol. The Morgan fingerprint density at radius 3 is 1.74 bits per heavy atom. The van der Waals surface area contributed by atoms with Gasteiger partial charge in [-0.05, 0) is 85.6 Å². The zero-order valence-electron chi connectivity index (χ0n) is 22.8. The lowest BCUT2D eigenvalue weighted by Crippen LogP contribution is -2.10. The number of fused-ring (bicyclic) bond motifs is 10. The quantitative estimate of drug-likeness (QED) is 0.197. The first-order chi connectivity index (χ1) is 20.8. The Hall–Kier alpha value is -5.18. The predicted molar refractivity (Wildman–Crippen MR) is 184 cm³/mol. The van der Waals surface area contributed by atoms with Crippen LogP contribution in [0.5, 0.6) is 0 Å². The number of rotatable bonds is 3. The van der Waals surface area contributed by atoms with Gasteiger partial charge in [0.2, 0.25) is 0 Å². The van der Waals surface area contributed by atoms with Gasteiger partial charge in [-0.1, -0.05) is 109 Å². The lowest BCUT2D eigenvalue weighted by atomic mass is 9.96. The van der Waals surface area contributed by atoms with Crippen molar-refractivity contribution in [2.24, 2.45) is 0 Å². The molecule has 0 unspecified atom stereocenters. The van der Waals surface area contributed by atoms with E-state index in [1.807, 2.05) is 11.3 Å². The lowest BCUT2D eigenvalue weighted by Gasteiger charge is -2.27. The van der Waals surface area contributed by atoms with Crippen molar-refractivity contribution in [2.75, 3.05) is 4.90 Å². The first-order valence-electron chi connectivity index (χ1n) is 14.4. The summed E-state index contributed by atoms with van der Waals surface area (Å²) in [5, 5.41) is 12.9. The molecule has 0 atom stereocenters. The molecule has 9 aromatic rings. The van der Waals surface area contributed by atoms with Crippen LogP contribution in [0.4, 0.5) is 17.1 Å². The largest absolute Gasteiger partial charge is 0.310 e. The number of thiophene rings is 1. The highest BCUT2D eigenvalue weighted by Crippen LogP contribution is 2.47. The van der Waals surface area contributed by atoms with Gasteiger partial charge in [0.05, 0.1) is 5.69 Å². The average molecular weight is 552 g/mol. The normalized spacial score (nSPS) is 11.8. The minimum absolute atomic E-state index is 1.15. The zero-order valence-corrected chi connectivity index (χ0v) is 23.6. The van der Waals surface area contributed by atoms with E-state index in [0.29, 0.717) is 0 Å². The van der Waals surface area contributed by atoms with Gasteiger partial charge in [0.25, 0.3) is 0 Å². The first kappa shape index (κ1) is 23.5. The van der Waals surface area contributed by atoms with E-state index in [-0.39, 0.29) is 0 Å². The van der Waals surface area contributed by atoms with Crippen LogP contribution < -0.4 is 4.90 Å². The summed E-state index contributed by atoms with van der Waals surface area (Å²) in [7, 11) is 0. The molecule has 0 fully saturated rings. The fourth-order valence-corrected chi connectivity index (χ4v) is 7.85. The summed E-state index contributed by atoms with van der Waals surface area (Å²) in [6, 6.07) is 55.5. The van der Waals surface area contributed by atoms with E-state index >= 15 is 0 Å². The molecule has 196 valence electrons. The Kier molecular flexibility index (Phi) is 5.13. The molecule has 0 N–H and O–H groups in total. The van der Waals surface area contributed by atoms with E-state index < -0.39 is 0 Å². The molecule has 1 aromatic heterocycles. The third-order valence-electron chi connectivity index (χ3n) is 8.59. The maximum atomic E-state index is 2.44. The molecule has 0 aliphatic carbocycles. The van der Waals surface area contributed by atoms with Crippen molar-refractivity contribution in [3.63, 3.8) is 0 Å². The number of hydrogen-bond acceptors (Lipinski definition) is 2. The van der Waals surface area contributed by atoms with Gasteiger partial charge in [-0.25, -0.2) is 0 Å². The molecule has 9 rings (SSSR count). The van der Waals surface area contributed by atoms with Crippen LogP contribution in [0.25, 0.3) is 63.3 Å². The molecule has 8 aromatic carbocycles. The van der Waals surface area contributed by atoms with Crippen molar-refractivity contribution in [1.29, 1.82) is 0 Å². The molecule has 1 nitrogen and oxygen atoms in total. The van der Waals surface area contributed by atoms with Gasteiger partial charge >= 0.3 is 0 Å². The van der Waals surface area contributed by atoms with Crippen molar-refractivity contribution in [3.05, 3.63) is 152 Å². The second kappa shape index (κ2) is 9.17. The zero-order chi connectivity index (χ0) is 27.6. The topological polar surface area (TPSA) is 3.24 Å². The molecule has 0 amide bonds. The average Bonchev–Trinajstić information content (AvgIpc) is 3.45. The monoisotopic (exact) mass is 551 g/mol. The Morgan fingerprint density at radius 2 is 0.952 bits per heavy atom. The van der Waals surface area contributed by atoms with Crippen LogP contribution in [0.15, 0.2) is 152 Å². The van der Waals surface area contributed by atoms with Gasteiger partial charge in [-0.3, -0.25) is 0 Å². The second-order valence-electron chi connectivity index (χ2n) is 10.9. The molecule has 0 aliphatic heterocycles. The summed E-state index contributed by atoms with van der Waals surface area (Å²) in [6.07, 6.45) is 0. The molecule has 0 aliphatic rings. The number of benzene rings is 8. The van der Waals surface area contributed by atoms with E-state index in [1.54, 1.807) is 0 Å². The first-order valence-corrected chi connectivity index (χ1v) is 15.2. The van der Waals surface area contributed by atoms with E-state index in [9.17, 15) is 0 Å². The third kappa shape index (κ3) is 3.49. The van der Waals surface area contributed by atoms with Gasteiger partial charge in [0.1, 0.15) is 0 Å². The SMILES string of the molecule is c1ccc(N(c2ccc3ccc4ccc5ccccc5c4c3c2)c2cccc3sc4ccc5ccccc5c4c23)cc1. The van der Waals surface area contributed by atoms with E-state index in [4.69, 9.17) is 0 Å².